The molecule has 0 aliphatic carbocycles. The van der Waals surface area contributed by atoms with E-state index in [4.69, 9.17) is 0 Å². The highest BCUT2D eigenvalue weighted by atomic mass is 32.1. The van der Waals surface area contributed by atoms with Crippen LogP contribution in [-0.4, -0.2) is 28.3 Å². The predicted octanol–water partition coefficient (Wildman–Crippen LogP) is 7.46. The van der Waals surface area contributed by atoms with Crippen molar-refractivity contribution in [2.24, 2.45) is 0 Å². The molecule has 9 heteroatoms. The molecule has 1 aliphatic rings. The van der Waals surface area contributed by atoms with E-state index in [0.29, 0.717) is 34.9 Å². The summed E-state index contributed by atoms with van der Waals surface area (Å²) in [5.74, 6) is -0.475. The first kappa shape index (κ1) is 28.2. The van der Waals surface area contributed by atoms with Crippen molar-refractivity contribution in [3.05, 3.63) is 124 Å². The van der Waals surface area contributed by atoms with Gasteiger partial charge in [-0.1, -0.05) is 42.5 Å². The second kappa shape index (κ2) is 11.4. The fourth-order valence-electron chi connectivity index (χ4n) is 5.26. The maximum atomic E-state index is 14.4. The van der Waals surface area contributed by atoms with Crippen molar-refractivity contribution >= 4 is 40.3 Å². The maximum absolute atomic E-state index is 14.4. The molecule has 4 heterocycles. The third-order valence-corrected chi connectivity index (χ3v) is 8.71. The van der Waals surface area contributed by atoms with Gasteiger partial charge in [0.25, 0.3) is 11.8 Å². The van der Waals surface area contributed by atoms with Crippen LogP contribution in [0.5, 0.6) is 0 Å². The summed E-state index contributed by atoms with van der Waals surface area (Å²) in [5, 5.41) is 6.15. The number of nitrogens with zero attached hydrogens (tertiary/aromatic N) is 3. The standard InChI is InChI=1S/C34H30FN5O2S/c1-21-10-8-12-24(35)30(21)38-32(41)27-20-22-17-19-40(26-14-5-4-11-23(26)31(22)43-27)33(42)25-13-9-16-29(37-25)39-34(2,3)28-15-6-7-18-36-28/h4-16,18,20H,17,19H2,1-3H3,(H,37,39)(H,38,41). The highest BCUT2D eigenvalue weighted by Gasteiger charge is 2.29. The van der Waals surface area contributed by atoms with Crippen LogP contribution in [0.4, 0.5) is 21.6 Å². The van der Waals surface area contributed by atoms with E-state index in [2.05, 4.69) is 20.6 Å². The summed E-state index contributed by atoms with van der Waals surface area (Å²) in [6.45, 7) is 6.19. The van der Waals surface area contributed by atoms with E-state index in [9.17, 15) is 14.0 Å². The van der Waals surface area contributed by atoms with Gasteiger partial charge in [-0.15, -0.1) is 11.3 Å². The summed E-state index contributed by atoms with van der Waals surface area (Å²) in [7, 11) is 0. The molecular weight excluding hydrogens is 561 g/mol. The van der Waals surface area contributed by atoms with Crippen molar-refractivity contribution in [2.75, 3.05) is 22.1 Å². The predicted molar refractivity (Wildman–Crippen MR) is 169 cm³/mol. The van der Waals surface area contributed by atoms with E-state index >= 15 is 0 Å². The molecule has 7 nitrogen and oxygen atoms in total. The largest absolute Gasteiger partial charge is 0.360 e. The van der Waals surface area contributed by atoms with Gasteiger partial charge in [0, 0.05) is 23.2 Å². The molecule has 0 radical (unpaired) electrons. The fraction of sp³-hybridized carbons (Fsp3) is 0.176. The topological polar surface area (TPSA) is 87.2 Å². The molecule has 0 fully saturated rings. The Bertz CT molecular complexity index is 1820. The Balaban J connectivity index is 1.27. The molecular formula is C34H30FN5O2S. The second-order valence-electron chi connectivity index (χ2n) is 10.9. The lowest BCUT2D eigenvalue weighted by Gasteiger charge is -2.27. The zero-order valence-corrected chi connectivity index (χ0v) is 24.8. The van der Waals surface area contributed by atoms with Crippen LogP contribution < -0.4 is 15.5 Å². The number of nitrogens with one attached hydrogen (secondary N) is 2. The number of anilines is 3. The molecule has 43 heavy (non-hydrogen) atoms. The van der Waals surface area contributed by atoms with Crippen molar-refractivity contribution in [1.82, 2.24) is 9.97 Å². The van der Waals surface area contributed by atoms with Crippen LogP contribution in [0.1, 0.15) is 50.8 Å². The lowest BCUT2D eigenvalue weighted by atomic mass is 10.00. The number of aromatic nitrogens is 2. The first-order valence-electron chi connectivity index (χ1n) is 14.0. The van der Waals surface area contributed by atoms with Crippen LogP contribution in [0.2, 0.25) is 0 Å². The minimum absolute atomic E-state index is 0.181. The number of benzene rings is 2. The van der Waals surface area contributed by atoms with Gasteiger partial charge in [-0.3, -0.25) is 14.6 Å². The van der Waals surface area contributed by atoms with Crippen molar-refractivity contribution in [3.63, 3.8) is 0 Å². The average molecular weight is 592 g/mol. The Morgan fingerprint density at radius 3 is 2.56 bits per heavy atom. The van der Waals surface area contributed by atoms with Crippen LogP contribution >= 0.6 is 11.3 Å². The van der Waals surface area contributed by atoms with Gasteiger partial charge in [0.2, 0.25) is 0 Å². The van der Waals surface area contributed by atoms with Crippen LogP contribution in [-0.2, 0) is 12.0 Å². The Kier molecular flexibility index (Phi) is 7.50. The smallest absolute Gasteiger partial charge is 0.276 e. The molecule has 0 saturated carbocycles. The third kappa shape index (κ3) is 5.63. The van der Waals surface area contributed by atoms with Crippen molar-refractivity contribution in [2.45, 2.75) is 32.7 Å². The number of pyridine rings is 2. The summed E-state index contributed by atoms with van der Waals surface area (Å²) < 4.78 is 14.4. The van der Waals surface area contributed by atoms with E-state index in [1.54, 1.807) is 36.2 Å². The second-order valence-corrected chi connectivity index (χ2v) is 12.0. The van der Waals surface area contributed by atoms with E-state index in [1.807, 2.05) is 74.5 Å². The van der Waals surface area contributed by atoms with Crippen molar-refractivity contribution in [1.29, 1.82) is 0 Å². The number of thiophene rings is 1. The molecule has 216 valence electrons. The Labute approximate surface area is 253 Å². The van der Waals surface area contributed by atoms with E-state index in [1.165, 1.54) is 17.4 Å². The zero-order valence-electron chi connectivity index (χ0n) is 24.0. The SMILES string of the molecule is Cc1cccc(F)c1NC(=O)c1cc2c(s1)-c1ccccc1N(C(=O)c1cccc(NC(C)(C)c3ccccn3)n1)CC2. The van der Waals surface area contributed by atoms with Crippen molar-refractivity contribution < 1.29 is 14.0 Å². The molecule has 0 spiro atoms. The van der Waals surface area contributed by atoms with Gasteiger partial charge in [-0.25, -0.2) is 9.37 Å². The number of fused-ring (bicyclic) bond motifs is 3. The quantitative estimate of drug-likeness (QED) is 0.214. The van der Waals surface area contributed by atoms with Crippen molar-refractivity contribution in [3.8, 4) is 10.4 Å². The summed E-state index contributed by atoms with van der Waals surface area (Å²) in [6, 6.07) is 25.4. The molecule has 6 rings (SSSR count). The number of hydrogen-bond donors (Lipinski definition) is 2. The summed E-state index contributed by atoms with van der Waals surface area (Å²) in [5.41, 5.74) is 4.08. The number of aryl methyl sites for hydroxylation is 1. The number of carbonyl (C=O) groups is 2. The number of amides is 2. The molecule has 0 saturated heterocycles. The monoisotopic (exact) mass is 591 g/mol. The molecule has 0 bridgehead atoms. The van der Waals surface area contributed by atoms with Gasteiger partial charge in [0.05, 0.1) is 27.5 Å². The molecule has 1 aliphatic heterocycles. The van der Waals surface area contributed by atoms with Crippen LogP contribution in [0, 0.1) is 12.7 Å². The molecule has 2 aromatic carbocycles. The zero-order chi connectivity index (χ0) is 30.1. The first-order valence-corrected chi connectivity index (χ1v) is 14.8. The minimum atomic E-state index is -0.506. The Morgan fingerprint density at radius 2 is 1.77 bits per heavy atom. The van der Waals surface area contributed by atoms with E-state index in [0.717, 1.165) is 27.4 Å². The number of para-hydroxylation sites is 2. The number of carbonyl (C=O) groups excluding carboxylic acids is 2. The highest BCUT2D eigenvalue weighted by Crippen LogP contribution is 2.42. The van der Waals surface area contributed by atoms with Gasteiger partial charge in [0.1, 0.15) is 17.3 Å². The van der Waals surface area contributed by atoms with Gasteiger partial charge in [-0.05, 0) is 80.8 Å². The fourth-order valence-corrected chi connectivity index (χ4v) is 6.40. The third-order valence-electron chi connectivity index (χ3n) is 7.50. The molecule has 2 amide bonds. The highest BCUT2D eigenvalue weighted by molar-refractivity contribution is 7.17. The van der Waals surface area contributed by atoms with E-state index < -0.39 is 11.4 Å². The number of rotatable bonds is 6. The Hall–Kier alpha value is -4.89. The van der Waals surface area contributed by atoms with Gasteiger partial charge < -0.3 is 15.5 Å². The minimum Gasteiger partial charge on any atom is -0.360 e. The summed E-state index contributed by atoms with van der Waals surface area (Å²) >= 11 is 1.34. The molecule has 2 N–H and O–H groups in total. The van der Waals surface area contributed by atoms with E-state index in [-0.39, 0.29) is 17.5 Å². The normalized spacial score (nSPS) is 12.6. The molecule has 0 unspecified atom stereocenters. The van der Waals surface area contributed by atoms with Crippen LogP contribution in [0.3, 0.4) is 0 Å². The molecule has 0 atom stereocenters. The average Bonchev–Trinajstić information content (AvgIpc) is 3.37. The van der Waals surface area contributed by atoms with Crippen LogP contribution in [0.25, 0.3) is 10.4 Å². The van der Waals surface area contributed by atoms with Gasteiger partial charge >= 0.3 is 0 Å². The molecule has 3 aromatic heterocycles. The van der Waals surface area contributed by atoms with Gasteiger partial charge in [0.15, 0.2) is 0 Å². The summed E-state index contributed by atoms with van der Waals surface area (Å²) in [6.07, 6.45) is 2.30. The Morgan fingerprint density at radius 1 is 0.977 bits per heavy atom. The van der Waals surface area contributed by atoms with Crippen LogP contribution in [0.15, 0.2) is 91.1 Å². The number of hydrogen-bond acceptors (Lipinski definition) is 6. The van der Waals surface area contributed by atoms with Gasteiger partial charge in [-0.2, -0.15) is 0 Å². The molecule has 5 aromatic rings. The lowest BCUT2D eigenvalue weighted by Crippen LogP contribution is -2.34. The first-order chi connectivity index (χ1) is 20.7. The maximum Gasteiger partial charge on any atom is 0.276 e. The lowest BCUT2D eigenvalue weighted by molar-refractivity contribution is 0.0981. The summed E-state index contributed by atoms with van der Waals surface area (Å²) in [4.78, 5) is 39.4. The number of halogens is 1.